The lowest BCUT2D eigenvalue weighted by molar-refractivity contribution is -0.125. The van der Waals surface area contributed by atoms with Crippen molar-refractivity contribution in [2.45, 2.75) is 6.10 Å². The number of furan rings is 1. The quantitative estimate of drug-likeness (QED) is 0.711. The molecule has 0 aliphatic carbocycles. The van der Waals surface area contributed by atoms with Crippen LogP contribution in [-0.4, -0.2) is 34.6 Å². The van der Waals surface area contributed by atoms with Crippen LogP contribution in [0.15, 0.2) is 28.2 Å². The van der Waals surface area contributed by atoms with Crippen molar-refractivity contribution in [3.8, 4) is 10.8 Å². The smallest absolute Gasteiger partial charge is 0.270 e. The number of carbonyl (C=O) groups is 2. The number of nitrogens with zero attached hydrogens (tertiary/aromatic N) is 1. The van der Waals surface area contributed by atoms with Gasteiger partial charge in [0, 0.05) is 5.38 Å². The standard InChI is InChI=1S/C11H11N3O4S/c12-9(16)7(15)4-13-10(17)6-5-19-11(14-6)8-2-1-3-18-8/h1-3,5,7,15H,4H2,(H2,12,16)(H,13,17). The average molecular weight is 281 g/mol. The van der Waals surface area contributed by atoms with Gasteiger partial charge in [-0.1, -0.05) is 0 Å². The summed E-state index contributed by atoms with van der Waals surface area (Å²) >= 11 is 1.26. The summed E-state index contributed by atoms with van der Waals surface area (Å²) in [6, 6.07) is 3.46. The Bertz CT molecular complexity index is 579. The average Bonchev–Trinajstić information content (AvgIpc) is 3.04. The number of thiazole rings is 1. The van der Waals surface area contributed by atoms with Crippen LogP contribution < -0.4 is 11.1 Å². The summed E-state index contributed by atoms with van der Waals surface area (Å²) in [6.07, 6.45) is 0.104. The van der Waals surface area contributed by atoms with Crippen molar-refractivity contribution in [3.05, 3.63) is 29.5 Å². The highest BCUT2D eigenvalue weighted by molar-refractivity contribution is 7.13. The van der Waals surface area contributed by atoms with Crippen LogP contribution in [0.1, 0.15) is 10.5 Å². The van der Waals surface area contributed by atoms with E-state index in [4.69, 9.17) is 15.3 Å². The molecule has 0 radical (unpaired) electrons. The van der Waals surface area contributed by atoms with Gasteiger partial charge < -0.3 is 20.6 Å². The lowest BCUT2D eigenvalue weighted by atomic mass is 10.3. The SMILES string of the molecule is NC(=O)C(O)CNC(=O)c1csc(-c2ccco2)n1. The first kappa shape index (κ1) is 13.2. The summed E-state index contributed by atoms with van der Waals surface area (Å²) in [7, 11) is 0. The summed E-state index contributed by atoms with van der Waals surface area (Å²) in [5.74, 6) is -0.814. The summed E-state index contributed by atoms with van der Waals surface area (Å²) in [5, 5.41) is 13.7. The zero-order valence-corrected chi connectivity index (χ0v) is 10.5. The largest absolute Gasteiger partial charge is 0.462 e. The van der Waals surface area contributed by atoms with Crippen molar-refractivity contribution in [2.75, 3.05) is 6.54 Å². The van der Waals surface area contributed by atoms with Crippen molar-refractivity contribution in [3.63, 3.8) is 0 Å². The molecule has 0 fully saturated rings. The Kier molecular flexibility index (Phi) is 3.93. The Balaban J connectivity index is 1.99. The second-order valence-electron chi connectivity index (χ2n) is 3.64. The van der Waals surface area contributed by atoms with Crippen LogP contribution in [0.3, 0.4) is 0 Å². The normalized spacial score (nSPS) is 12.1. The summed E-state index contributed by atoms with van der Waals surface area (Å²) in [6.45, 7) is -0.248. The number of aliphatic hydroxyl groups excluding tert-OH is 1. The molecule has 1 unspecified atom stereocenters. The summed E-state index contributed by atoms with van der Waals surface area (Å²) in [5.41, 5.74) is 5.05. The van der Waals surface area contributed by atoms with E-state index < -0.39 is 17.9 Å². The Morgan fingerprint density at radius 3 is 3.00 bits per heavy atom. The molecular formula is C11H11N3O4S. The number of hydrogen-bond acceptors (Lipinski definition) is 6. The first-order valence-electron chi connectivity index (χ1n) is 5.33. The van der Waals surface area contributed by atoms with Gasteiger partial charge in [-0.2, -0.15) is 0 Å². The molecule has 4 N–H and O–H groups in total. The lowest BCUT2D eigenvalue weighted by Gasteiger charge is -2.06. The van der Waals surface area contributed by atoms with Gasteiger partial charge in [-0.15, -0.1) is 11.3 Å². The van der Waals surface area contributed by atoms with Gasteiger partial charge in [0.1, 0.15) is 11.8 Å². The number of carbonyl (C=O) groups excluding carboxylic acids is 2. The van der Waals surface area contributed by atoms with E-state index in [0.29, 0.717) is 10.8 Å². The molecule has 2 amide bonds. The highest BCUT2D eigenvalue weighted by Crippen LogP contribution is 2.23. The van der Waals surface area contributed by atoms with Crippen LogP contribution in [0.25, 0.3) is 10.8 Å². The predicted molar refractivity (Wildman–Crippen MR) is 67.4 cm³/mol. The van der Waals surface area contributed by atoms with Gasteiger partial charge in [-0.3, -0.25) is 9.59 Å². The van der Waals surface area contributed by atoms with Crippen molar-refractivity contribution in [1.29, 1.82) is 0 Å². The second-order valence-corrected chi connectivity index (χ2v) is 4.50. The van der Waals surface area contributed by atoms with Crippen LogP contribution in [0.5, 0.6) is 0 Å². The fourth-order valence-corrected chi connectivity index (χ4v) is 2.04. The zero-order chi connectivity index (χ0) is 13.8. The van der Waals surface area contributed by atoms with Gasteiger partial charge in [0.15, 0.2) is 10.8 Å². The van der Waals surface area contributed by atoms with Gasteiger partial charge >= 0.3 is 0 Å². The van der Waals surface area contributed by atoms with E-state index >= 15 is 0 Å². The molecule has 100 valence electrons. The third kappa shape index (κ3) is 3.18. The molecule has 0 spiro atoms. The minimum absolute atomic E-state index is 0.188. The molecule has 0 saturated heterocycles. The molecule has 7 nitrogen and oxygen atoms in total. The van der Waals surface area contributed by atoms with Gasteiger partial charge in [0.25, 0.3) is 5.91 Å². The minimum Gasteiger partial charge on any atom is -0.462 e. The third-order valence-electron chi connectivity index (χ3n) is 2.25. The van der Waals surface area contributed by atoms with E-state index in [1.54, 1.807) is 17.5 Å². The van der Waals surface area contributed by atoms with E-state index in [1.165, 1.54) is 17.6 Å². The molecule has 1 atom stereocenters. The number of primary amides is 1. The summed E-state index contributed by atoms with van der Waals surface area (Å²) in [4.78, 5) is 26.4. The van der Waals surface area contributed by atoms with Gasteiger partial charge in [-0.25, -0.2) is 4.98 Å². The highest BCUT2D eigenvalue weighted by atomic mass is 32.1. The first-order chi connectivity index (χ1) is 9.08. The number of hydrogen-bond donors (Lipinski definition) is 3. The third-order valence-corrected chi connectivity index (χ3v) is 3.11. The Hall–Kier alpha value is -2.19. The van der Waals surface area contributed by atoms with Crippen molar-refractivity contribution >= 4 is 23.2 Å². The number of rotatable bonds is 5. The van der Waals surface area contributed by atoms with Crippen LogP contribution in [0.4, 0.5) is 0 Å². The Labute approximate surface area is 112 Å². The molecule has 0 aromatic carbocycles. The second kappa shape index (κ2) is 5.63. The molecule has 0 aliphatic rings. The fourth-order valence-electron chi connectivity index (χ4n) is 1.27. The molecule has 19 heavy (non-hydrogen) atoms. The van der Waals surface area contributed by atoms with E-state index in [9.17, 15) is 9.59 Å². The molecule has 2 aromatic rings. The molecule has 2 rings (SSSR count). The number of nitrogens with one attached hydrogen (secondary N) is 1. The van der Waals surface area contributed by atoms with E-state index in [-0.39, 0.29) is 12.2 Å². The minimum atomic E-state index is -1.41. The molecule has 0 saturated carbocycles. The Morgan fingerprint density at radius 1 is 1.58 bits per heavy atom. The lowest BCUT2D eigenvalue weighted by Crippen LogP contribution is -2.40. The fraction of sp³-hybridized carbons (Fsp3) is 0.182. The number of nitrogens with two attached hydrogens (primary N) is 1. The molecule has 0 aliphatic heterocycles. The van der Waals surface area contributed by atoms with Crippen molar-refractivity contribution in [1.82, 2.24) is 10.3 Å². The van der Waals surface area contributed by atoms with Crippen LogP contribution in [-0.2, 0) is 4.79 Å². The monoisotopic (exact) mass is 281 g/mol. The van der Waals surface area contributed by atoms with Gasteiger partial charge in [0.2, 0.25) is 5.91 Å². The maximum absolute atomic E-state index is 11.7. The molecule has 2 heterocycles. The van der Waals surface area contributed by atoms with Gasteiger partial charge in [-0.05, 0) is 12.1 Å². The van der Waals surface area contributed by atoms with Crippen LogP contribution >= 0.6 is 11.3 Å². The molecule has 2 aromatic heterocycles. The topological polar surface area (TPSA) is 118 Å². The number of aromatic nitrogens is 1. The van der Waals surface area contributed by atoms with Crippen molar-refractivity contribution in [2.24, 2.45) is 5.73 Å². The zero-order valence-electron chi connectivity index (χ0n) is 9.70. The van der Waals surface area contributed by atoms with Crippen molar-refractivity contribution < 1.29 is 19.1 Å². The van der Waals surface area contributed by atoms with Crippen LogP contribution in [0.2, 0.25) is 0 Å². The summed E-state index contributed by atoms with van der Waals surface area (Å²) < 4.78 is 5.16. The van der Waals surface area contributed by atoms with E-state index in [1.807, 2.05) is 0 Å². The maximum Gasteiger partial charge on any atom is 0.270 e. The van der Waals surface area contributed by atoms with E-state index in [0.717, 1.165) is 0 Å². The van der Waals surface area contributed by atoms with Crippen LogP contribution in [0, 0.1) is 0 Å². The first-order valence-corrected chi connectivity index (χ1v) is 6.21. The number of aliphatic hydroxyl groups is 1. The predicted octanol–water partition coefficient (Wildman–Crippen LogP) is -0.0209. The van der Waals surface area contributed by atoms with Gasteiger partial charge in [0.05, 0.1) is 12.8 Å². The molecule has 0 bridgehead atoms. The number of amides is 2. The maximum atomic E-state index is 11.7. The Morgan fingerprint density at radius 2 is 2.37 bits per heavy atom. The van der Waals surface area contributed by atoms with E-state index in [2.05, 4.69) is 10.3 Å². The molecular weight excluding hydrogens is 270 g/mol. The molecule has 8 heteroatoms. The highest BCUT2D eigenvalue weighted by Gasteiger charge is 2.16.